The van der Waals surface area contributed by atoms with Crippen molar-refractivity contribution in [2.24, 2.45) is 5.92 Å². The van der Waals surface area contributed by atoms with Crippen LogP contribution in [-0.2, 0) is 4.79 Å². The molecule has 2 heteroatoms. The Morgan fingerprint density at radius 2 is 1.30 bits per heavy atom. The second-order valence-electron chi connectivity index (χ2n) is 6.18. The minimum Gasteiger partial charge on any atom is -0.481 e. The molecule has 120 valence electrons. The Morgan fingerprint density at radius 1 is 0.800 bits per heavy atom. The molecule has 0 aromatic carbocycles. The number of hydrogen-bond acceptors (Lipinski definition) is 1. The molecule has 0 bridgehead atoms. The lowest BCUT2D eigenvalue weighted by atomic mass is 9.92. The number of rotatable bonds is 15. The lowest BCUT2D eigenvalue weighted by molar-refractivity contribution is -0.137. The van der Waals surface area contributed by atoms with Gasteiger partial charge < -0.3 is 5.11 Å². The fraction of sp³-hybridized carbons (Fsp3) is 0.944. The van der Waals surface area contributed by atoms with Crippen LogP contribution in [0.3, 0.4) is 0 Å². The molecule has 1 atom stereocenters. The fourth-order valence-electron chi connectivity index (χ4n) is 2.83. The van der Waals surface area contributed by atoms with E-state index in [0.717, 1.165) is 18.8 Å². The van der Waals surface area contributed by atoms with Crippen molar-refractivity contribution < 1.29 is 9.90 Å². The lowest BCUT2D eigenvalue weighted by Gasteiger charge is -2.14. The van der Waals surface area contributed by atoms with Crippen LogP contribution in [0.2, 0.25) is 0 Å². The highest BCUT2D eigenvalue weighted by Crippen LogP contribution is 2.21. The summed E-state index contributed by atoms with van der Waals surface area (Å²) in [5, 5.41) is 8.57. The third kappa shape index (κ3) is 13.9. The summed E-state index contributed by atoms with van der Waals surface area (Å²) in [6, 6.07) is 0. The number of carboxylic acid groups (broad SMARTS) is 1. The number of aliphatic carboxylic acids is 1. The van der Waals surface area contributed by atoms with Crippen LogP contribution in [0.25, 0.3) is 0 Å². The standard InChI is InChI=1S/C18H36O2/c1-3-5-6-7-8-11-14-17(4-2)15-12-9-10-13-16-18(19)20/h17H,3-16H2,1-2H3,(H,19,20). The number of carboxylic acids is 1. The molecule has 0 spiro atoms. The molecule has 0 aromatic heterocycles. The second-order valence-corrected chi connectivity index (χ2v) is 6.18. The van der Waals surface area contributed by atoms with E-state index in [1.165, 1.54) is 70.6 Å². The molecular weight excluding hydrogens is 248 g/mol. The Bertz CT molecular complexity index is 213. The molecular formula is C18H36O2. The molecule has 20 heavy (non-hydrogen) atoms. The summed E-state index contributed by atoms with van der Waals surface area (Å²) in [6.45, 7) is 4.58. The highest BCUT2D eigenvalue weighted by molar-refractivity contribution is 5.66. The van der Waals surface area contributed by atoms with Gasteiger partial charge in [-0.2, -0.15) is 0 Å². The van der Waals surface area contributed by atoms with Crippen LogP contribution in [-0.4, -0.2) is 11.1 Å². The summed E-state index contributed by atoms with van der Waals surface area (Å²) in [5.41, 5.74) is 0. The Balaban J connectivity index is 3.35. The maximum atomic E-state index is 10.4. The predicted molar refractivity (Wildman–Crippen MR) is 87.1 cm³/mol. The largest absolute Gasteiger partial charge is 0.481 e. The Labute approximate surface area is 126 Å². The number of unbranched alkanes of at least 4 members (excludes halogenated alkanes) is 8. The number of carbonyl (C=O) groups is 1. The molecule has 0 fully saturated rings. The molecule has 0 aliphatic heterocycles. The van der Waals surface area contributed by atoms with Crippen LogP contribution in [0.1, 0.15) is 104 Å². The van der Waals surface area contributed by atoms with E-state index in [1.54, 1.807) is 0 Å². The second kappa shape index (κ2) is 14.9. The van der Waals surface area contributed by atoms with E-state index in [0.29, 0.717) is 6.42 Å². The van der Waals surface area contributed by atoms with E-state index in [9.17, 15) is 4.79 Å². The fourth-order valence-corrected chi connectivity index (χ4v) is 2.83. The van der Waals surface area contributed by atoms with Crippen molar-refractivity contribution in [2.45, 2.75) is 104 Å². The predicted octanol–water partition coefficient (Wildman–Crippen LogP) is 6.19. The normalized spacial score (nSPS) is 12.5. The summed E-state index contributed by atoms with van der Waals surface area (Å²) in [6.07, 6.45) is 17.2. The highest BCUT2D eigenvalue weighted by Gasteiger charge is 2.06. The zero-order valence-electron chi connectivity index (χ0n) is 13.8. The van der Waals surface area contributed by atoms with Gasteiger partial charge in [0.15, 0.2) is 0 Å². The topological polar surface area (TPSA) is 37.3 Å². The molecule has 0 radical (unpaired) electrons. The van der Waals surface area contributed by atoms with Gasteiger partial charge in [-0.05, 0) is 12.3 Å². The zero-order chi connectivity index (χ0) is 15.1. The van der Waals surface area contributed by atoms with E-state index in [2.05, 4.69) is 13.8 Å². The Kier molecular flexibility index (Phi) is 14.5. The van der Waals surface area contributed by atoms with Crippen molar-refractivity contribution in [1.29, 1.82) is 0 Å². The van der Waals surface area contributed by atoms with Gasteiger partial charge in [-0.3, -0.25) is 4.79 Å². The van der Waals surface area contributed by atoms with Crippen LogP contribution in [0, 0.1) is 5.92 Å². The molecule has 0 rings (SSSR count). The van der Waals surface area contributed by atoms with E-state index in [1.807, 2.05) is 0 Å². The van der Waals surface area contributed by atoms with Crippen molar-refractivity contribution in [3.05, 3.63) is 0 Å². The molecule has 1 N–H and O–H groups in total. The van der Waals surface area contributed by atoms with Gasteiger partial charge in [-0.1, -0.05) is 90.9 Å². The van der Waals surface area contributed by atoms with Crippen molar-refractivity contribution in [2.75, 3.05) is 0 Å². The first-order valence-electron chi connectivity index (χ1n) is 8.92. The molecule has 0 saturated carbocycles. The summed E-state index contributed by atoms with van der Waals surface area (Å²) in [4.78, 5) is 10.4. The first-order valence-corrected chi connectivity index (χ1v) is 8.92. The summed E-state index contributed by atoms with van der Waals surface area (Å²) < 4.78 is 0. The lowest BCUT2D eigenvalue weighted by Crippen LogP contribution is -1.99. The summed E-state index contributed by atoms with van der Waals surface area (Å²) >= 11 is 0. The summed E-state index contributed by atoms with van der Waals surface area (Å²) in [7, 11) is 0. The first-order chi connectivity index (χ1) is 9.70. The minimum absolute atomic E-state index is 0.342. The minimum atomic E-state index is -0.653. The zero-order valence-corrected chi connectivity index (χ0v) is 13.8. The third-order valence-corrected chi connectivity index (χ3v) is 4.30. The van der Waals surface area contributed by atoms with E-state index in [-0.39, 0.29) is 0 Å². The van der Waals surface area contributed by atoms with Gasteiger partial charge in [0.05, 0.1) is 0 Å². The maximum absolute atomic E-state index is 10.4. The van der Waals surface area contributed by atoms with Gasteiger partial charge in [-0.25, -0.2) is 0 Å². The molecule has 0 aliphatic carbocycles. The van der Waals surface area contributed by atoms with Crippen LogP contribution in [0.4, 0.5) is 0 Å². The molecule has 0 aromatic rings. The number of hydrogen-bond donors (Lipinski definition) is 1. The average molecular weight is 284 g/mol. The summed E-state index contributed by atoms with van der Waals surface area (Å²) in [5.74, 6) is 0.250. The Hall–Kier alpha value is -0.530. The van der Waals surface area contributed by atoms with Gasteiger partial charge in [0.1, 0.15) is 0 Å². The van der Waals surface area contributed by atoms with E-state index < -0.39 is 5.97 Å². The SMILES string of the molecule is CCCCCCCCC(CC)CCCCCCC(=O)O. The van der Waals surface area contributed by atoms with E-state index >= 15 is 0 Å². The molecule has 2 nitrogen and oxygen atoms in total. The van der Waals surface area contributed by atoms with Gasteiger partial charge >= 0.3 is 5.97 Å². The van der Waals surface area contributed by atoms with Gasteiger partial charge in [0.25, 0.3) is 0 Å². The van der Waals surface area contributed by atoms with Crippen LogP contribution < -0.4 is 0 Å². The smallest absolute Gasteiger partial charge is 0.303 e. The molecule has 0 amide bonds. The average Bonchev–Trinajstić information content (AvgIpc) is 2.43. The molecule has 0 aliphatic rings. The van der Waals surface area contributed by atoms with Gasteiger partial charge in [0, 0.05) is 6.42 Å². The quantitative estimate of drug-likeness (QED) is 0.364. The van der Waals surface area contributed by atoms with Crippen molar-refractivity contribution in [1.82, 2.24) is 0 Å². The monoisotopic (exact) mass is 284 g/mol. The molecule has 1 unspecified atom stereocenters. The van der Waals surface area contributed by atoms with Crippen molar-refractivity contribution in [3.63, 3.8) is 0 Å². The Morgan fingerprint density at radius 3 is 1.80 bits per heavy atom. The first kappa shape index (κ1) is 19.5. The van der Waals surface area contributed by atoms with Crippen LogP contribution >= 0.6 is 0 Å². The highest BCUT2D eigenvalue weighted by atomic mass is 16.4. The van der Waals surface area contributed by atoms with Gasteiger partial charge in [-0.15, -0.1) is 0 Å². The van der Waals surface area contributed by atoms with Gasteiger partial charge in [0.2, 0.25) is 0 Å². The van der Waals surface area contributed by atoms with Crippen LogP contribution in [0.15, 0.2) is 0 Å². The van der Waals surface area contributed by atoms with E-state index in [4.69, 9.17) is 5.11 Å². The van der Waals surface area contributed by atoms with Crippen LogP contribution in [0.5, 0.6) is 0 Å². The third-order valence-electron chi connectivity index (χ3n) is 4.30. The molecule has 0 saturated heterocycles. The van der Waals surface area contributed by atoms with Crippen molar-refractivity contribution in [3.8, 4) is 0 Å². The maximum Gasteiger partial charge on any atom is 0.303 e. The molecule has 0 heterocycles. The van der Waals surface area contributed by atoms with Crippen molar-refractivity contribution >= 4 is 5.97 Å².